The minimum Gasteiger partial charge on any atom is -0.462 e. The van der Waals surface area contributed by atoms with E-state index in [0.717, 1.165) is 5.56 Å². The lowest BCUT2D eigenvalue weighted by Gasteiger charge is -2.08. The van der Waals surface area contributed by atoms with Crippen LogP contribution in [0.25, 0.3) is 0 Å². The molecule has 0 saturated carbocycles. The van der Waals surface area contributed by atoms with E-state index in [-0.39, 0.29) is 0 Å². The summed E-state index contributed by atoms with van der Waals surface area (Å²) in [6, 6.07) is 9.27. The van der Waals surface area contributed by atoms with E-state index in [4.69, 9.17) is 22.1 Å². The molecule has 0 aliphatic carbocycles. The summed E-state index contributed by atoms with van der Waals surface area (Å²) < 4.78 is 4.97. The summed E-state index contributed by atoms with van der Waals surface area (Å²) in [5, 5.41) is 1.42. The molecule has 1 aromatic carbocycles. The van der Waals surface area contributed by atoms with Crippen molar-refractivity contribution in [3.63, 3.8) is 0 Å². The van der Waals surface area contributed by atoms with E-state index in [2.05, 4.69) is 4.98 Å². The lowest BCUT2D eigenvalue weighted by atomic mass is 10.2. The number of halogens is 1. The molecule has 2 N–H and O–H groups in total. The molecule has 1 heterocycles. The summed E-state index contributed by atoms with van der Waals surface area (Å²) in [5.74, 6) is 0.232. The standard InChI is InChI=1S/C15H15ClN2O2S/c1-2-20-15(19)11-7-14(18-8-13(11)17)21-9-10-5-3-4-6-12(10)16/h3-8H,2,9,17H2,1H3. The van der Waals surface area contributed by atoms with Crippen molar-refractivity contribution < 1.29 is 9.53 Å². The first-order chi connectivity index (χ1) is 10.1. The number of thioether (sulfide) groups is 1. The summed E-state index contributed by atoms with van der Waals surface area (Å²) in [6.45, 7) is 2.06. The second-order valence-electron chi connectivity index (χ2n) is 4.21. The minimum atomic E-state index is -0.433. The van der Waals surface area contributed by atoms with Crippen molar-refractivity contribution in [2.24, 2.45) is 0 Å². The van der Waals surface area contributed by atoms with Crippen molar-refractivity contribution in [3.05, 3.63) is 52.7 Å². The van der Waals surface area contributed by atoms with Gasteiger partial charge in [0.25, 0.3) is 0 Å². The first kappa shape index (κ1) is 15.7. The van der Waals surface area contributed by atoms with Crippen LogP contribution in [-0.4, -0.2) is 17.6 Å². The van der Waals surface area contributed by atoms with Gasteiger partial charge in [-0.25, -0.2) is 9.78 Å². The summed E-state index contributed by atoms with van der Waals surface area (Å²) in [7, 11) is 0. The third kappa shape index (κ3) is 4.12. The van der Waals surface area contributed by atoms with Gasteiger partial charge in [-0.3, -0.25) is 0 Å². The summed E-state index contributed by atoms with van der Waals surface area (Å²) >= 11 is 7.60. The van der Waals surface area contributed by atoms with E-state index in [0.29, 0.717) is 33.7 Å². The fourth-order valence-corrected chi connectivity index (χ4v) is 2.84. The zero-order chi connectivity index (χ0) is 15.2. The first-order valence-corrected chi connectivity index (χ1v) is 7.77. The summed E-state index contributed by atoms with van der Waals surface area (Å²) in [4.78, 5) is 16.0. The number of carbonyl (C=O) groups is 1. The minimum absolute atomic E-state index is 0.308. The van der Waals surface area contributed by atoms with Gasteiger partial charge in [-0.15, -0.1) is 11.8 Å². The molecule has 21 heavy (non-hydrogen) atoms. The number of benzene rings is 1. The van der Waals surface area contributed by atoms with Crippen LogP contribution in [0.5, 0.6) is 0 Å². The van der Waals surface area contributed by atoms with Gasteiger partial charge >= 0.3 is 5.97 Å². The number of rotatable bonds is 5. The number of nitrogens with zero attached hydrogens (tertiary/aromatic N) is 1. The van der Waals surface area contributed by atoms with Crippen LogP contribution in [0.4, 0.5) is 5.69 Å². The molecule has 0 atom stereocenters. The zero-order valence-corrected chi connectivity index (χ0v) is 13.1. The van der Waals surface area contributed by atoms with Crippen LogP contribution < -0.4 is 5.73 Å². The quantitative estimate of drug-likeness (QED) is 0.670. The Morgan fingerprint density at radius 2 is 2.19 bits per heavy atom. The lowest BCUT2D eigenvalue weighted by Crippen LogP contribution is -2.08. The van der Waals surface area contributed by atoms with E-state index in [1.54, 1.807) is 13.0 Å². The molecule has 0 unspecified atom stereocenters. The number of anilines is 1. The van der Waals surface area contributed by atoms with Crippen LogP contribution >= 0.6 is 23.4 Å². The molecule has 0 spiro atoms. The van der Waals surface area contributed by atoms with Crippen LogP contribution in [0.2, 0.25) is 5.02 Å². The van der Waals surface area contributed by atoms with Gasteiger partial charge in [-0.2, -0.15) is 0 Å². The Morgan fingerprint density at radius 1 is 1.43 bits per heavy atom. The van der Waals surface area contributed by atoms with Gasteiger partial charge in [0.15, 0.2) is 0 Å². The highest BCUT2D eigenvalue weighted by atomic mass is 35.5. The summed E-state index contributed by atoms with van der Waals surface area (Å²) in [5.41, 5.74) is 7.43. The van der Waals surface area contributed by atoms with Crippen LogP contribution in [0.3, 0.4) is 0 Å². The summed E-state index contributed by atoms with van der Waals surface area (Å²) in [6.07, 6.45) is 1.47. The maximum absolute atomic E-state index is 11.8. The molecule has 0 bridgehead atoms. The SMILES string of the molecule is CCOC(=O)c1cc(SCc2ccccc2Cl)ncc1N. The van der Waals surface area contributed by atoms with Crippen molar-refractivity contribution in [2.75, 3.05) is 12.3 Å². The Kier molecular flexibility index (Phi) is 5.47. The number of pyridine rings is 1. The highest BCUT2D eigenvalue weighted by Gasteiger charge is 2.13. The Morgan fingerprint density at radius 3 is 2.90 bits per heavy atom. The molecule has 0 radical (unpaired) electrons. The third-order valence-electron chi connectivity index (χ3n) is 2.74. The van der Waals surface area contributed by atoms with Crippen molar-refractivity contribution in [2.45, 2.75) is 17.7 Å². The van der Waals surface area contributed by atoms with E-state index >= 15 is 0 Å². The maximum Gasteiger partial charge on any atom is 0.340 e. The number of carbonyl (C=O) groups excluding carboxylic acids is 1. The number of ether oxygens (including phenoxy) is 1. The Bertz CT molecular complexity index is 649. The maximum atomic E-state index is 11.8. The van der Waals surface area contributed by atoms with Crippen LogP contribution in [-0.2, 0) is 10.5 Å². The number of nitrogen functional groups attached to an aromatic ring is 1. The monoisotopic (exact) mass is 322 g/mol. The van der Waals surface area contributed by atoms with E-state index < -0.39 is 5.97 Å². The second-order valence-corrected chi connectivity index (χ2v) is 5.61. The molecule has 4 nitrogen and oxygen atoms in total. The molecule has 2 rings (SSSR count). The van der Waals surface area contributed by atoms with Gasteiger partial charge in [-0.05, 0) is 24.6 Å². The van der Waals surface area contributed by atoms with Gasteiger partial charge in [0, 0.05) is 10.8 Å². The molecule has 0 fully saturated rings. The molecule has 6 heteroatoms. The van der Waals surface area contributed by atoms with E-state index in [1.165, 1.54) is 18.0 Å². The molecule has 0 saturated heterocycles. The number of hydrogen-bond donors (Lipinski definition) is 1. The number of nitrogens with two attached hydrogens (primary N) is 1. The number of hydrogen-bond acceptors (Lipinski definition) is 5. The number of aromatic nitrogens is 1. The van der Waals surface area contributed by atoms with Gasteiger partial charge in [0.1, 0.15) is 0 Å². The highest BCUT2D eigenvalue weighted by Crippen LogP contribution is 2.27. The number of esters is 1. The Balaban J connectivity index is 2.12. The zero-order valence-electron chi connectivity index (χ0n) is 11.5. The molecule has 110 valence electrons. The fourth-order valence-electron chi connectivity index (χ4n) is 1.68. The normalized spacial score (nSPS) is 10.4. The predicted octanol–water partition coefficient (Wildman–Crippen LogP) is 3.79. The smallest absolute Gasteiger partial charge is 0.340 e. The van der Waals surface area contributed by atoms with Crippen molar-refractivity contribution in [1.82, 2.24) is 4.98 Å². The average molecular weight is 323 g/mol. The van der Waals surface area contributed by atoms with E-state index in [9.17, 15) is 4.79 Å². The fraction of sp³-hybridized carbons (Fsp3) is 0.200. The Hall–Kier alpha value is -1.72. The van der Waals surface area contributed by atoms with Gasteiger partial charge < -0.3 is 10.5 Å². The molecular weight excluding hydrogens is 308 g/mol. The van der Waals surface area contributed by atoms with Crippen molar-refractivity contribution >= 4 is 35.0 Å². The molecule has 0 aliphatic heterocycles. The molecule has 0 amide bonds. The second kappa shape index (κ2) is 7.33. The first-order valence-electron chi connectivity index (χ1n) is 6.40. The molecule has 1 aromatic heterocycles. The topological polar surface area (TPSA) is 65.2 Å². The van der Waals surface area contributed by atoms with Crippen LogP contribution in [0.15, 0.2) is 41.6 Å². The van der Waals surface area contributed by atoms with Crippen LogP contribution in [0, 0.1) is 0 Å². The van der Waals surface area contributed by atoms with Crippen molar-refractivity contribution in [3.8, 4) is 0 Å². The van der Waals surface area contributed by atoms with Crippen LogP contribution in [0.1, 0.15) is 22.8 Å². The van der Waals surface area contributed by atoms with Gasteiger partial charge in [0.05, 0.1) is 29.1 Å². The van der Waals surface area contributed by atoms with Gasteiger partial charge in [0.2, 0.25) is 0 Å². The molecule has 0 aliphatic rings. The Labute approximate surface area is 132 Å². The molecular formula is C15H15ClN2O2S. The van der Waals surface area contributed by atoms with E-state index in [1.807, 2.05) is 24.3 Å². The average Bonchev–Trinajstić information content (AvgIpc) is 2.48. The van der Waals surface area contributed by atoms with Gasteiger partial charge in [-0.1, -0.05) is 29.8 Å². The lowest BCUT2D eigenvalue weighted by molar-refractivity contribution is 0.0527. The molecule has 2 aromatic rings. The predicted molar refractivity (Wildman–Crippen MR) is 85.6 cm³/mol. The largest absolute Gasteiger partial charge is 0.462 e. The highest BCUT2D eigenvalue weighted by molar-refractivity contribution is 7.98. The third-order valence-corrected chi connectivity index (χ3v) is 4.08. The van der Waals surface area contributed by atoms with Crippen molar-refractivity contribution in [1.29, 1.82) is 0 Å².